The molecule has 3 N–H and O–H groups in total. The van der Waals surface area contributed by atoms with E-state index < -0.39 is 0 Å². The van der Waals surface area contributed by atoms with Gasteiger partial charge in [-0.05, 0) is 54.9 Å². The molecule has 25 heavy (non-hydrogen) atoms. The summed E-state index contributed by atoms with van der Waals surface area (Å²) in [5.74, 6) is 0.578. The lowest BCUT2D eigenvalue weighted by atomic mass is 9.75. The van der Waals surface area contributed by atoms with E-state index in [9.17, 15) is 15.0 Å². The first-order valence-corrected chi connectivity index (χ1v) is 8.89. The van der Waals surface area contributed by atoms with Crippen LogP contribution in [0.15, 0.2) is 54.6 Å². The van der Waals surface area contributed by atoms with Crippen molar-refractivity contribution < 1.29 is 15.0 Å². The van der Waals surface area contributed by atoms with Gasteiger partial charge in [0, 0.05) is 12.5 Å². The van der Waals surface area contributed by atoms with Gasteiger partial charge in [0.2, 0.25) is 5.91 Å². The second-order valence-electron chi connectivity index (χ2n) is 6.92. The van der Waals surface area contributed by atoms with Crippen LogP contribution in [0.5, 0.6) is 5.75 Å². The zero-order valence-electron chi connectivity index (χ0n) is 14.3. The lowest BCUT2D eigenvalue weighted by molar-refractivity contribution is -0.122. The standard InChI is InChI=1S/C21H25NO3/c23-18-8-4-7-16(11-18)9-10-21(25)22-20(17-13-19(24)14-17)12-15-5-2-1-3-6-15/h1-8,11,17,19-20,23-24H,9-10,12-14H2,(H,22,25). The number of hydrogen-bond acceptors (Lipinski definition) is 3. The van der Waals surface area contributed by atoms with E-state index in [0.29, 0.717) is 18.8 Å². The van der Waals surface area contributed by atoms with Crippen LogP contribution in [0.3, 0.4) is 0 Å². The first kappa shape index (κ1) is 17.5. The van der Waals surface area contributed by atoms with Crippen molar-refractivity contribution >= 4 is 5.91 Å². The summed E-state index contributed by atoms with van der Waals surface area (Å²) >= 11 is 0. The first-order chi connectivity index (χ1) is 12.1. The number of phenols is 1. The number of phenolic OH excluding ortho intramolecular Hbond substituents is 1. The minimum atomic E-state index is -0.229. The average Bonchev–Trinajstić information content (AvgIpc) is 2.58. The van der Waals surface area contributed by atoms with E-state index in [2.05, 4.69) is 17.4 Å². The summed E-state index contributed by atoms with van der Waals surface area (Å²) in [6.07, 6.45) is 3.06. The largest absolute Gasteiger partial charge is 0.508 e. The molecule has 0 spiro atoms. The van der Waals surface area contributed by atoms with Crippen LogP contribution in [0.1, 0.15) is 30.4 Å². The zero-order valence-corrected chi connectivity index (χ0v) is 14.3. The molecular formula is C21H25NO3. The van der Waals surface area contributed by atoms with Gasteiger partial charge in [0.05, 0.1) is 6.10 Å². The molecular weight excluding hydrogens is 314 g/mol. The SMILES string of the molecule is O=C(CCc1cccc(O)c1)NC(Cc1ccccc1)C1CC(O)C1. The van der Waals surface area contributed by atoms with Crippen molar-refractivity contribution in [1.29, 1.82) is 0 Å². The van der Waals surface area contributed by atoms with Crippen LogP contribution in [-0.4, -0.2) is 28.3 Å². The summed E-state index contributed by atoms with van der Waals surface area (Å²) in [4.78, 5) is 12.4. The minimum absolute atomic E-state index is 0.0191. The maximum absolute atomic E-state index is 12.4. The predicted octanol–water partition coefficient (Wildman–Crippen LogP) is 2.82. The van der Waals surface area contributed by atoms with Crippen molar-refractivity contribution in [2.24, 2.45) is 5.92 Å². The van der Waals surface area contributed by atoms with Crippen molar-refractivity contribution in [3.8, 4) is 5.75 Å². The molecule has 0 aliphatic heterocycles. The molecule has 1 amide bonds. The van der Waals surface area contributed by atoms with Gasteiger partial charge >= 0.3 is 0 Å². The van der Waals surface area contributed by atoms with Crippen molar-refractivity contribution in [2.45, 2.75) is 44.2 Å². The summed E-state index contributed by atoms with van der Waals surface area (Å²) < 4.78 is 0. The Morgan fingerprint density at radius 1 is 1.08 bits per heavy atom. The summed E-state index contributed by atoms with van der Waals surface area (Å²) in [5, 5.41) is 22.3. The molecule has 1 atom stereocenters. The van der Waals surface area contributed by atoms with Gasteiger partial charge in [-0.2, -0.15) is 0 Å². The third-order valence-corrected chi connectivity index (χ3v) is 4.91. The number of aromatic hydroxyl groups is 1. The molecule has 0 aromatic heterocycles. The number of amides is 1. The molecule has 4 heteroatoms. The quantitative estimate of drug-likeness (QED) is 0.726. The Kier molecular flexibility index (Phi) is 5.71. The van der Waals surface area contributed by atoms with Crippen LogP contribution >= 0.6 is 0 Å². The number of aliphatic hydroxyl groups excluding tert-OH is 1. The fraction of sp³-hybridized carbons (Fsp3) is 0.381. The molecule has 4 nitrogen and oxygen atoms in total. The van der Waals surface area contributed by atoms with Crippen LogP contribution in [0.4, 0.5) is 0 Å². The molecule has 1 unspecified atom stereocenters. The summed E-state index contributed by atoms with van der Waals surface area (Å²) in [7, 11) is 0. The van der Waals surface area contributed by atoms with E-state index in [0.717, 1.165) is 24.8 Å². The molecule has 1 saturated carbocycles. The monoisotopic (exact) mass is 339 g/mol. The second kappa shape index (κ2) is 8.17. The summed E-state index contributed by atoms with van der Waals surface area (Å²) in [5.41, 5.74) is 2.15. The lowest BCUT2D eigenvalue weighted by Crippen LogP contribution is -2.48. The number of carbonyl (C=O) groups excluding carboxylic acids is 1. The molecule has 0 radical (unpaired) electrons. The van der Waals surface area contributed by atoms with E-state index in [1.807, 2.05) is 24.3 Å². The average molecular weight is 339 g/mol. The molecule has 2 aromatic rings. The Hall–Kier alpha value is -2.33. The Morgan fingerprint density at radius 2 is 1.80 bits per heavy atom. The molecule has 1 aliphatic rings. The van der Waals surface area contributed by atoms with Gasteiger partial charge in [0.25, 0.3) is 0 Å². The highest BCUT2D eigenvalue weighted by Crippen LogP contribution is 2.31. The maximum atomic E-state index is 12.4. The van der Waals surface area contributed by atoms with E-state index >= 15 is 0 Å². The number of benzene rings is 2. The molecule has 0 heterocycles. The van der Waals surface area contributed by atoms with Crippen molar-refractivity contribution in [1.82, 2.24) is 5.32 Å². The van der Waals surface area contributed by atoms with Crippen molar-refractivity contribution in [3.05, 3.63) is 65.7 Å². The number of hydrogen-bond donors (Lipinski definition) is 3. The highest BCUT2D eigenvalue weighted by atomic mass is 16.3. The Labute approximate surface area is 148 Å². The van der Waals surface area contributed by atoms with Gasteiger partial charge in [-0.1, -0.05) is 42.5 Å². The zero-order chi connectivity index (χ0) is 17.6. The van der Waals surface area contributed by atoms with Crippen LogP contribution in [0.25, 0.3) is 0 Å². The topological polar surface area (TPSA) is 69.6 Å². The number of carbonyl (C=O) groups is 1. The third-order valence-electron chi connectivity index (χ3n) is 4.91. The van der Waals surface area contributed by atoms with Crippen LogP contribution in [-0.2, 0) is 17.6 Å². The maximum Gasteiger partial charge on any atom is 0.220 e. The van der Waals surface area contributed by atoms with Crippen LogP contribution < -0.4 is 5.32 Å². The van der Waals surface area contributed by atoms with Crippen molar-refractivity contribution in [2.75, 3.05) is 0 Å². The smallest absolute Gasteiger partial charge is 0.220 e. The van der Waals surface area contributed by atoms with Gasteiger partial charge in [0.1, 0.15) is 5.75 Å². The molecule has 132 valence electrons. The summed E-state index contributed by atoms with van der Waals surface area (Å²) in [6, 6.07) is 17.2. The molecule has 0 bridgehead atoms. The lowest BCUT2D eigenvalue weighted by Gasteiger charge is -2.38. The molecule has 1 aliphatic carbocycles. The second-order valence-corrected chi connectivity index (χ2v) is 6.92. The van der Waals surface area contributed by atoms with Crippen molar-refractivity contribution in [3.63, 3.8) is 0 Å². The third kappa shape index (κ3) is 5.07. The Morgan fingerprint density at radius 3 is 2.48 bits per heavy atom. The molecule has 3 rings (SSSR count). The van der Waals surface area contributed by atoms with Gasteiger partial charge < -0.3 is 15.5 Å². The number of aliphatic hydroxyl groups is 1. The van der Waals surface area contributed by atoms with Gasteiger partial charge in [-0.15, -0.1) is 0 Å². The fourth-order valence-corrected chi connectivity index (χ4v) is 3.41. The van der Waals surface area contributed by atoms with Crippen LogP contribution in [0.2, 0.25) is 0 Å². The Bertz CT molecular complexity index is 695. The Balaban J connectivity index is 1.56. The number of nitrogens with one attached hydrogen (secondary N) is 1. The normalized spacial score (nSPS) is 20.5. The van der Waals surface area contributed by atoms with E-state index in [-0.39, 0.29) is 23.8 Å². The molecule has 0 saturated heterocycles. The predicted molar refractivity (Wildman–Crippen MR) is 97.2 cm³/mol. The van der Waals surface area contributed by atoms with Gasteiger partial charge in [-0.3, -0.25) is 4.79 Å². The number of aryl methyl sites for hydroxylation is 1. The summed E-state index contributed by atoms with van der Waals surface area (Å²) in [6.45, 7) is 0. The van der Waals surface area contributed by atoms with E-state index in [4.69, 9.17) is 0 Å². The van der Waals surface area contributed by atoms with E-state index in [1.54, 1.807) is 18.2 Å². The van der Waals surface area contributed by atoms with Crippen LogP contribution in [0, 0.1) is 5.92 Å². The minimum Gasteiger partial charge on any atom is -0.508 e. The number of rotatable bonds is 7. The van der Waals surface area contributed by atoms with E-state index in [1.165, 1.54) is 5.56 Å². The highest BCUT2D eigenvalue weighted by Gasteiger charge is 2.34. The van der Waals surface area contributed by atoms with Gasteiger partial charge in [0.15, 0.2) is 0 Å². The first-order valence-electron chi connectivity index (χ1n) is 8.89. The fourth-order valence-electron chi connectivity index (χ4n) is 3.41. The molecule has 1 fully saturated rings. The van der Waals surface area contributed by atoms with Gasteiger partial charge in [-0.25, -0.2) is 0 Å². The highest BCUT2D eigenvalue weighted by molar-refractivity contribution is 5.76. The molecule has 2 aromatic carbocycles.